The minimum absolute atomic E-state index is 0.0768. The number of carbonyl (C=O) groups is 1. The van der Waals surface area contributed by atoms with Gasteiger partial charge in [-0.25, -0.2) is 12.8 Å². The van der Waals surface area contributed by atoms with Gasteiger partial charge in [-0.1, -0.05) is 23.7 Å². The van der Waals surface area contributed by atoms with Gasteiger partial charge in [-0.2, -0.15) is 0 Å². The summed E-state index contributed by atoms with van der Waals surface area (Å²) < 4.78 is 38.7. The monoisotopic (exact) mass is 384 g/mol. The molecule has 134 valence electrons. The quantitative estimate of drug-likeness (QED) is 0.856. The molecule has 0 aromatic heterocycles. The van der Waals surface area contributed by atoms with Crippen LogP contribution >= 0.6 is 11.6 Å². The van der Waals surface area contributed by atoms with E-state index >= 15 is 0 Å². The summed E-state index contributed by atoms with van der Waals surface area (Å²) in [6.45, 7) is 3.17. The third-order valence-electron chi connectivity index (χ3n) is 3.68. The molecule has 5 nitrogen and oxygen atoms in total. The maximum Gasteiger partial charge on any atom is 0.248 e. The average molecular weight is 385 g/mol. The standard InChI is InChI=1S/C17H18ClFN2O3S/c1-11-15(18)8-5-9-16(11)20-17(22)12(2)21(25(3,23)24)14-7-4-6-13(19)10-14/h4-10,12H,1-3H3,(H,20,22)/t12-/m0/s1. The van der Waals surface area contributed by atoms with E-state index in [1.54, 1.807) is 25.1 Å². The molecule has 0 aliphatic heterocycles. The van der Waals surface area contributed by atoms with E-state index in [0.29, 0.717) is 16.3 Å². The largest absolute Gasteiger partial charge is 0.324 e. The van der Waals surface area contributed by atoms with Crippen molar-refractivity contribution >= 4 is 38.9 Å². The van der Waals surface area contributed by atoms with E-state index in [2.05, 4.69) is 5.32 Å². The fraction of sp³-hybridized carbons (Fsp3) is 0.235. The molecule has 0 heterocycles. The predicted molar refractivity (Wildman–Crippen MR) is 98.0 cm³/mol. The van der Waals surface area contributed by atoms with Crippen molar-refractivity contribution in [1.29, 1.82) is 0 Å². The molecule has 25 heavy (non-hydrogen) atoms. The summed E-state index contributed by atoms with van der Waals surface area (Å²) in [6, 6.07) is 9.02. The molecular weight excluding hydrogens is 367 g/mol. The van der Waals surface area contributed by atoms with Gasteiger partial charge in [-0.3, -0.25) is 9.10 Å². The summed E-state index contributed by atoms with van der Waals surface area (Å²) in [4.78, 5) is 12.6. The molecule has 0 saturated carbocycles. The highest BCUT2D eigenvalue weighted by molar-refractivity contribution is 7.92. The van der Waals surface area contributed by atoms with Gasteiger partial charge in [0, 0.05) is 10.7 Å². The van der Waals surface area contributed by atoms with E-state index in [0.717, 1.165) is 16.6 Å². The van der Waals surface area contributed by atoms with E-state index < -0.39 is 27.8 Å². The molecule has 2 rings (SSSR count). The van der Waals surface area contributed by atoms with Crippen LogP contribution in [0.2, 0.25) is 5.02 Å². The second kappa shape index (κ2) is 7.41. The van der Waals surface area contributed by atoms with Crippen molar-refractivity contribution in [3.05, 3.63) is 58.9 Å². The summed E-state index contributed by atoms with van der Waals surface area (Å²) in [5, 5.41) is 3.15. The van der Waals surface area contributed by atoms with Crippen molar-refractivity contribution in [2.75, 3.05) is 15.9 Å². The highest BCUT2D eigenvalue weighted by Gasteiger charge is 2.29. The summed E-state index contributed by atoms with van der Waals surface area (Å²) >= 11 is 6.03. The molecule has 1 amide bonds. The molecule has 8 heteroatoms. The lowest BCUT2D eigenvalue weighted by Gasteiger charge is -2.28. The van der Waals surface area contributed by atoms with E-state index in [1.807, 2.05) is 0 Å². The van der Waals surface area contributed by atoms with Crippen LogP contribution in [0.15, 0.2) is 42.5 Å². The Hall–Kier alpha value is -2.12. The molecule has 0 radical (unpaired) electrons. The van der Waals surface area contributed by atoms with Crippen molar-refractivity contribution in [2.24, 2.45) is 0 Å². The molecule has 0 spiro atoms. The summed E-state index contributed by atoms with van der Waals surface area (Å²) in [5.74, 6) is -1.15. The van der Waals surface area contributed by atoms with Crippen LogP contribution in [0.4, 0.5) is 15.8 Å². The zero-order chi connectivity index (χ0) is 18.8. The molecule has 1 atom stereocenters. The first-order chi connectivity index (χ1) is 11.6. The van der Waals surface area contributed by atoms with E-state index in [-0.39, 0.29) is 5.69 Å². The second-order valence-electron chi connectivity index (χ2n) is 5.62. The lowest BCUT2D eigenvalue weighted by atomic mass is 10.2. The summed E-state index contributed by atoms with van der Waals surface area (Å²) in [6.07, 6.45) is 0.965. The molecule has 0 saturated heterocycles. The molecule has 0 fully saturated rings. The van der Waals surface area contributed by atoms with Gasteiger partial charge < -0.3 is 5.32 Å². The van der Waals surface area contributed by atoms with Crippen molar-refractivity contribution in [3.63, 3.8) is 0 Å². The van der Waals surface area contributed by atoms with Gasteiger partial charge in [0.2, 0.25) is 15.9 Å². The van der Waals surface area contributed by atoms with Crippen molar-refractivity contribution < 1.29 is 17.6 Å². The van der Waals surface area contributed by atoms with E-state index in [9.17, 15) is 17.6 Å². The first kappa shape index (κ1) is 19.2. The van der Waals surface area contributed by atoms with Crippen LogP contribution in [0.5, 0.6) is 0 Å². The lowest BCUT2D eigenvalue weighted by molar-refractivity contribution is -0.116. The second-order valence-corrected chi connectivity index (χ2v) is 7.88. The number of nitrogens with one attached hydrogen (secondary N) is 1. The first-order valence-electron chi connectivity index (χ1n) is 7.42. The molecule has 1 N–H and O–H groups in total. The minimum Gasteiger partial charge on any atom is -0.324 e. The number of anilines is 2. The maximum absolute atomic E-state index is 13.5. The number of halogens is 2. The van der Waals surface area contributed by atoms with E-state index in [4.69, 9.17) is 11.6 Å². The van der Waals surface area contributed by atoms with Gasteiger partial charge in [0.1, 0.15) is 11.9 Å². The molecule has 0 aliphatic carbocycles. The van der Waals surface area contributed by atoms with Gasteiger partial charge >= 0.3 is 0 Å². The van der Waals surface area contributed by atoms with Gasteiger partial charge in [-0.05, 0) is 49.7 Å². The number of hydrogen-bond donors (Lipinski definition) is 1. The SMILES string of the molecule is Cc1c(Cl)cccc1NC(=O)[C@H](C)N(c1cccc(F)c1)S(C)(=O)=O. The molecular formula is C17H18ClFN2O3S. The minimum atomic E-state index is -3.81. The van der Waals surface area contributed by atoms with Crippen LogP contribution in [0.25, 0.3) is 0 Å². The van der Waals surface area contributed by atoms with Gasteiger partial charge in [0.15, 0.2) is 0 Å². The van der Waals surface area contributed by atoms with Crippen LogP contribution < -0.4 is 9.62 Å². The molecule has 2 aromatic rings. The number of nitrogens with zero attached hydrogens (tertiary/aromatic N) is 1. The Morgan fingerprint density at radius 1 is 1.24 bits per heavy atom. The summed E-state index contributed by atoms with van der Waals surface area (Å²) in [5.41, 5.74) is 1.23. The van der Waals surface area contributed by atoms with Gasteiger partial charge in [0.05, 0.1) is 11.9 Å². The van der Waals surface area contributed by atoms with Crippen LogP contribution in [-0.2, 0) is 14.8 Å². The Kier molecular flexibility index (Phi) is 5.69. The third-order valence-corrected chi connectivity index (χ3v) is 5.33. The molecule has 0 aliphatic rings. The van der Waals surface area contributed by atoms with Crippen molar-refractivity contribution in [3.8, 4) is 0 Å². The number of amides is 1. The number of hydrogen-bond acceptors (Lipinski definition) is 3. The predicted octanol–water partition coefficient (Wildman–Crippen LogP) is 3.58. The van der Waals surface area contributed by atoms with Crippen molar-refractivity contribution in [1.82, 2.24) is 0 Å². The lowest BCUT2D eigenvalue weighted by Crippen LogP contribution is -2.45. The van der Waals surface area contributed by atoms with Crippen LogP contribution in [-0.4, -0.2) is 26.6 Å². The van der Waals surface area contributed by atoms with Gasteiger partial charge in [-0.15, -0.1) is 0 Å². The highest BCUT2D eigenvalue weighted by atomic mass is 35.5. The number of carbonyl (C=O) groups excluding carboxylic acids is 1. The Balaban J connectivity index is 2.35. The normalized spacial score (nSPS) is 12.5. The molecule has 0 unspecified atom stereocenters. The van der Waals surface area contributed by atoms with Crippen LogP contribution in [0.1, 0.15) is 12.5 Å². The Morgan fingerprint density at radius 2 is 1.88 bits per heavy atom. The fourth-order valence-electron chi connectivity index (χ4n) is 2.40. The van der Waals surface area contributed by atoms with Crippen LogP contribution in [0.3, 0.4) is 0 Å². The number of benzene rings is 2. The number of sulfonamides is 1. The fourth-order valence-corrected chi connectivity index (χ4v) is 3.74. The Labute approximate surface area is 151 Å². The Bertz CT molecular complexity index is 903. The van der Waals surface area contributed by atoms with Crippen molar-refractivity contribution in [2.45, 2.75) is 19.9 Å². The molecule has 0 bridgehead atoms. The summed E-state index contributed by atoms with van der Waals surface area (Å²) in [7, 11) is -3.81. The van der Waals surface area contributed by atoms with Crippen LogP contribution in [0, 0.1) is 12.7 Å². The topological polar surface area (TPSA) is 66.5 Å². The average Bonchev–Trinajstić information content (AvgIpc) is 2.50. The smallest absolute Gasteiger partial charge is 0.248 e. The highest BCUT2D eigenvalue weighted by Crippen LogP contribution is 2.25. The maximum atomic E-state index is 13.5. The molecule has 2 aromatic carbocycles. The third kappa shape index (κ3) is 4.49. The zero-order valence-electron chi connectivity index (χ0n) is 14.0. The zero-order valence-corrected chi connectivity index (χ0v) is 15.5. The van der Waals surface area contributed by atoms with E-state index in [1.165, 1.54) is 25.1 Å². The number of rotatable bonds is 5. The van der Waals surface area contributed by atoms with Gasteiger partial charge in [0.25, 0.3) is 0 Å². The first-order valence-corrected chi connectivity index (χ1v) is 9.65. The Morgan fingerprint density at radius 3 is 2.48 bits per heavy atom.